The molecule has 3 nitrogen and oxygen atoms in total. The molecule has 0 bridgehead atoms. The van der Waals surface area contributed by atoms with Gasteiger partial charge < -0.3 is 0 Å². The van der Waals surface area contributed by atoms with E-state index in [-0.39, 0.29) is 0 Å². The Hall–Kier alpha value is -1.08. The van der Waals surface area contributed by atoms with Crippen molar-refractivity contribution in [3.63, 3.8) is 0 Å². The van der Waals surface area contributed by atoms with E-state index in [1.807, 2.05) is 0 Å². The van der Waals surface area contributed by atoms with Crippen molar-refractivity contribution in [2.75, 3.05) is 0 Å². The van der Waals surface area contributed by atoms with Crippen LogP contribution < -0.4 is 5.14 Å². The predicted molar refractivity (Wildman–Crippen MR) is 55.4 cm³/mol. The van der Waals surface area contributed by atoms with Gasteiger partial charge in [-0.05, 0) is 31.0 Å². The van der Waals surface area contributed by atoms with E-state index in [0.717, 1.165) is 6.07 Å². The zero-order chi connectivity index (χ0) is 12.9. The standard InChI is InChI=1S/C9H9F3.H3NO2S/c1-6-4-3-5-8(7(6)2)9(10,11)12;1-4(2)3/h3-5H,1-2H3;4H,(H2,1,2,3). The summed E-state index contributed by atoms with van der Waals surface area (Å²) in [5.41, 5.74) is 0.442. The van der Waals surface area contributed by atoms with Crippen LogP contribution in [0.5, 0.6) is 0 Å². The maximum atomic E-state index is 12.2. The first-order chi connectivity index (χ1) is 7.16. The Morgan fingerprint density at radius 1 is 1.19 bits per heavy atom. The lowest BCUT2D eigenvalue weighted by molar-refractivity contribution is -0.138. The van der Waals surface area contributed by atoms with Gasteiger partial charge in [0.2, 0.25) is 0 Å². The number of thiol groups is 1. The van der Waals surface area contributed by atoms with E-state index >= 15 is 0 Å². The van der Waals surface area contributed by atoms with Gasteiger partial charge in [-0.15, -0.1) is 0 Å². The van der Waals surface area contributed by atoms with E-state index in [1.54, 1.807) is 13.0 Å². The second kappa shape index (κ2) is 5.86. The largest absolute Gasteiger partial charge is 0.416 e. The number of alkyl halides is 3. The number of nitrogens with two attached hydrogens (primary N) is 1. The Kier molecular flexibility index (Phi) is 5.46. The minimum atomic E-state index is -4.23. The third-order valence-electron chi connectivity index (χ3n) is 1.91. The summed E-state index contributed by atoms with van der Waals surface area (Å²) >= 11 is 0. The molecule has 0 unspecified atom stereocenters. The summed E-state index contributed by atoms with van der Waals surface area (Å²) in [6.07, 6.45) is -4.23. The van der Waals surface area contributed by atoms with Crippen LogP contribution >= 0.6 is 0 Å². The molecular weight excluding hydrogens is 243 g/mol. The molecule has 1 aromatic carbocycles. The number of hydrogen-bond donors (Lipinski definition) is 2. The average Bonchev–Trinajstić information content (AvgIpc) is 2.06. The third-order valence-corrected chi connectivity index (χ3v) is 1.91. The van der Waals surface area contributed by atoms with E-state index < -0.39 is 22.6 Å². The molecule has 0 heterocycles. The van der Waals surface area contributed by atoms with Gasteiger partial charge in [0.15, 0.2) is 10.9 Å². The topological polar surface area (TPSA) is 60.2 Å². The summed E-state index contributed by atoms with van der Waals surface area (Å²) in [5, 5.41) is 4.06. The van der Waals surface area contributed by atoms with Crippen LogP contribution in [-0.4, -0.2) is 8.42 Å². The number of hydrogen-bond acceptors (Lipinski definition) is 2. The Morgan fingerprint density at radius 3 is 1.94 bits per heavy atom. The molecular formula is C9H12F3NO2S. The summed E-state index contributed by atoms with van der Waals surface area (Å²) < 4.78 is 54.3. The first-order valence-electron chi connectivity index (χ1n) is 4.18. The molecule has 0 aliphatic heterocycles. The normalized spacial score (nSPS) is 10.9. The second-order valence-corrected chi connectivity index (χ2v) is 3.60. The Labute approximate surface area is 93.2 Å². The summed E-state index contributed by atoms with van der Waals surface area (Å²) in [5.74, 6) is 0. The van der Waals surface area contributed by atoms with Gasteiger partial charge in [0.25, 0.3) is 0 Å². The minimum absolute atomic E-state index is 0.310. The molecule has 1 aromatic rings. The summed E-state index contributed by atoms with van der Waals surface area (Å²) in [4.78, 5) is 0. The first-order valence-corrected chi connectivity index (χ1v) is 5.43. The van der Waals surface area contributed by atoms with Gasteiger partial charge in [0, 0.05) is 0 Å². The molecule has 16 heavy (non-hydrogen) atoms. The maximum absolute atomic E-state index is 12.2. The molecule has 0 aliphatic rings. The molecule has 0 fully saturated rings. The van der Waals surface area contributed by atoms with Crippen LogP contribution in [0.1, 0.15) is 16.7 Å². The van der Waals surface area contributed by atoms with Gasteiger partial charge in [-0.1, -0.05) is 12.1 Å². The molecule has 0 aliphatic carbocycles. The summed E-state index contributed by atoms with van der Waals surface area (Å²) in [7, 11) is -2.62. The van der Waals surface area contributed by atoms with Crippen LogP contribution in [0.15, 0.2) is 18.2 Å². The molecule has 0 radical (unpaired) electrons. The van der Waals surface area contributed by atoms with Crippen molar-refractivity contribution in [3.8, 4) is 0 Å². The molecule has 0 atom stereocenters. The van der Waals surface area contributed by atoms with E-state index in [0.29, 0.717) is 11.1 Å². The monoisotopic (exact) mass is 255 g/mol. The van der Waals surface area contributed by atoms with Crippen molar-refractivity contribution in [2.45, 2.75) is 20.0 Å². The quantitative estimate of drug-likeness (QED) is 0.694. The Bertz CT molecular complexity index is 419. The lowest BCUT2D eigenvalue weighted by Gasteiger charge is -2.11. The van der Waals surface area contributed by atoms with E-state index in [9.17, 15) is 13.2 Å². The number of rotatable bonds is 0. The number of aryl methyl sites for hydroxylation is 1. The van der Waals surface area contributed by atoms with Crippen molar-refractivity contribution in [1.82, 2.24) is 0 Å². The molecule has 0 aromatic heterocycles. The highest BCUT2D eigenvalue weighted by Crippen LogP contribution is 2.32. The highest BCUT2D eigenvalue weighted by Gasteiger charge is 2.32. The number of benzene rings is 1. The molecule has 0 saturated heterocycles. The average molecular weight is 255 g/mol. The molecule has 0 spiro atoms. The smallest absolute Gasteiger partial charge is 0.231 e. The molecule has 92 valence electrons. The zero-order valence-corrected chi connectivity index (χ0v) is 9.60. The van der Waals surface area contributed by atoms with E-state index in [2.05, 4.69) is 5.14 Å². The SMILES string of the molecule is Cc1cccc(C(F)(F)F)c1C.N[SH](=O)=O. The minimum Gasteiger partial charge on any atom is -0.231 e. The Balaban J connectivity index is 0.000000487. The van der Waals surface area contributed by atoms with Crippen LogP contribution in [0, 0.1) is 13.8 Å². The van der Waals surface area contributed by atoms with E-state index in [4.69, 9.17) is 8.42 Å². The summed E-state index contributed by atoms with van der Waals surface area (Å²) in [6.45, 7) is 3.16. The molecule has 7 heteroatoms. The maximum Gasteiger partial charge on any atom is 0.416 e. The molecule has 1 rings (SSSR count). The van der Waals surface area contributed by atoms with Crippen molar-refractivity contribution in [1.29, 1.82) is 0 Å². The van der Waals surface area contributed by atoms with Crippen molar-refractivity contribution in [2.24, 2.45) is 5.14 Å². The van der Waals surface area contributed by atoms with Crippen molar-refractivity contribution >= 4 is 10.9 Å². The van der Waals surface area contributed by atoms with Gasteiger partial charge in [0.05, 0.1) is 5.56 Å². The van der Waals surface area contributed by atoms with E-state index in [1.165, 1.54) is 13.0 Å². The molecule has 0 saturated carbocycles. The van der Waals surface area contributed by atoms with Crippen molar-refractivity contribution in [3.05, 3.63) is 34.9 Å². The van der Waals surface area contributed by atoms with Crippen LogP contribution in [0.3, 0.4) is 0 Å². The predicted octanol–water partition coefficient (Wildman–Crippen LogP) is 1.79. The fourth-order valence-corrected chi connectivity index (χ4v) is 1.06. The lowest BCUT2D eigenvalue weighted by Crippen LogP contribution is -2.07. The van der Waals surface area contributed by atoms with Gasteiger partial charge in [0.1, 0.15) is 0 Å². The number of halogens is 3. The second-order valence-electron chi connectivity index (χ2n) is 3.03. The fraction of sp³-hybridized carbons (Fsp3) is 0.333. The highest BCUT2D eigenvalue weighted by atomic mass is 32.2. The first kappa shape index (κ1) is 14.9. The van der Waals surface area contributed by atoms with Gasteiger partial charge >= 0.3 is 6.18 Å². The van der Waals surface area contributed by atoms with Crippen LogP contribution in [-0.2, 0) is 17.1 Å². The van der Waals surface area contributed by atoms with Gasteiger partial charge in [-0.25, -0.2) is 13.6 Å². The molecule has 0 amide bonds. The fourth-order valence-electron chi connectivity index (χ4n) is 1.06. The third kappa shape index (κ3) is 5.13. The summed E-state index contributed by atoms with van der Waals surface area (Å²) in [6, 6.07) is 4.19. The Morgan fingerprint density at radius 2 is 1.62 bits per heavy atom. The molecule has 2 N–H and O–H groups in total. The van der Waals surface area contributed by atoms with Crippen LogP contribution in [0.25, 0.3) is 0 Å². The van der Waals surface area contributed by atoms with Crippen LogP contribution in [0.4, 0.5) is 13.2 Å². The van der Waals surface area contributed by atoms with Gasteiger partial charge in [-0.3, -0.25) is 0 Å². The van der Waals surface area contributed by atoms with Gasteiger partial charge in [-0.2, -0.15) is 13.2 Å². The highest BCUT2D eigenvalue weighted by molar-refractivity contribution is 7.69. The lowest BCUT2D eigenvalue weighted by atomic mass is 10.0. The van der Waals surface area contributed by atoms with Crippen molar-refractivity contribution < 1.29 is 21.6 Å². The van der Waals surface area contributed by atoms with Crippen LogP contribution in [0.2, 0.25) is 0 Å². The zero-order valence-electron chi connectivity index (χ0n) is 8.71.